The average molecular weight is 332 g/mol. The first kappa shape index (κ1) is 16.3. The third-order valence-corrected chi connectivity index (χ3v) is 5.90. The van der Waals surface area contributed by atoms with Crippen molar-refractivity contribution in [2.24, 2.45) is 5.92 Å². The number of hydrogen-bond donors (Lipinski definition) is 1. The largest absolute Gasteiger partial charge is 0.481 e. The summed E-state index contributed by atoms with van der Waals surface area (Å²) in [7, 11) is -3.51. The molecule has 1 saturated heterocycles. The number of halogens is 1. The van der Waals surface area contributed by atoms with E-state index in [1.165, 1.54) is 16.4 Å². The maximum atomic E-state index is 12.5. The fraction of sp³-hybridized carbons (Fsp3) is 0.500. The van der Waals surface area contributed by atoms with E-state index in [9.17, 15) is 13.2 Å². The molecule has 1 N–H and O–H groups in total. The van der Waals surface area contributed by atoms with E-state index in [0.29, 0.717) is 37.4 Å². The molecule has 7 heteroatoms. The van der Waals surface area contributed by atoms with Gasteiger partial charge in [0.1, 0.15) is 0 Å². The van der Waals surface area contributed by atoms with Crippen LogP contribution in [-0.4, -0.2) is 36.9 Å². The molecule has 1 aliphatic rings. The number of aliphatic carboxylic acids is 1. The highest BCUT2D eigenvalue weighted by Crippen LogP contribution is 2.27. The zero-order chi connectivity index (χ0) is 15.5. The Morgan fingerprint density at radius 3 is 2.57 bits per heavy atom. The number of benzene rings is 1. The number of piperidine rings is 1. The fourth-order valence-corrected chi connectivity index (χ4v) is 4.31. The Morgan fingerprint density at radius 2 is 2.00 bits per heavy atom. The predicted molar refractivity (Wildman–Crippen MR) is 79.8 cm³/mol. The van der Waals surface area contributed by atoms with E-state index in [2.05, 4.69) is 0 Å². The van der Waals surface area contributed by atoms with Crippen molar-refractivity contribution in [3.8, 4) is 0 Å². The third-order valence-electron chi connectivity index (χ3n) is 3.77. The molecule has 0 radical (unpaired) electrons. The maximum absolute atomic E-state index is 12.5. The molecule has 116 valence electrons. The summed E-state index contributed by atoms with van der Waals surface area (Å²) >= 11 is 5.85. The molecular formula is C14H18ClNO4S. The quantitative estimate of drug-likeness (QED) is 0.900. The lowest BCUT2D eigenvalue weighted by molar-refractivity contribution is -0.137. The Labute approximate surface area is 129 Å². The van der Waals surface area contributed by atoms with Crippen LogP contribution in [-0.2, 0) is 14.8 Å². The van der Waals surface area contributed by atoms with E-state index in [1.54, 1.807) is 12.1 Å². The minimum absolute atomic E-state index is 0.145. The number of nitrogens with zero attached hydrogens (tertiary/aromatic N) is 1. The minimum atomic E-state index is -3.51. The smallest absolute Gasteiger partial charge is 0.303 e. The van der Waals surface area contributed by atoms with Gasteiger partial charge in [-0.2, -0.15) is 4.31 Å². The second kappa shape index (κ2) is 6.77. The molecule has 0 spiro atoms. The highest BCUT2D eigenvalue weighted by Gasteiger charge is 2.29. The van der Waals surface area contributed by atoms with Crippen molar-refractivity contribution in [1.29, 1.82) is 0 Å². The summed E-state index contributed by atoms with van der Waals surface area (Å²) in [6, 6.07) is 6.25. The standard InChI is InChI=1S/C14H18ClNO4S/c15-12-2-1-3-13(10-12)21(19,20)16-8-6-11(7-9-16)4-5-14(17)18/h1-3,10-11H,4-9H2,(H,17,18). The number of carbonyl (C=O) groups is 1. The van der Waals surface area contributed by atoms with Crippen LogP contribution in [0.15, 0.2) is 29.2 Å². The van der Waals surface area contributed by atoms with E-state index in [-0.39, 0.29) is 17.2 Å². The van der Waals surface area contributed by atoms with Gasteiger partial charge in [0.2, 0.25) is 10.0 Å². The van der Waals surface area contributed by atoms with Gasteiger partial charge in [-0.25, -0.2) is 8.42 Å². The Morgan fingerprint density at radius 1 is 1.33 bits per heavy atom. The number of hydrogen-bond acceptors (Lipinski definition) is 3. The molecule has 0 aliphatic carbocycles. The zero-order valence-electron chi connectivity index (χ0n) is 11.5. The summed E-state index contributed by atoms with van der Waals surface area (Å²) in [6.07, 6.45) is 2.16. The molecule has 1 aliphatic heterocycles. The van der Waals surface area contributed by atoms with Gasteiger partial charge in [0.15, 0.2) is 0 Å². The Balaban J connectivity index is 1.99. The van der Waals surface area contributed by atoms with Crippen LogP contribution in [0.1, 0.15) is 25.7 Å². The highest BCUT2D eigenvalue weighted by molar-refractivity contribution is 7.89. The normalized spacial score (nSPS) is 17.8. The van der Waals surface area contributed by atoms with Gasteiger partial charge in [0, 0.05) is 24.5 Å². The van der Waals surface area contributed by atoms with Gasteiger partial charge < -0.3 is 5.11 Å². The van der Waals surface area contributed by atoms with Gasteiger partial charge in [-0.05, 0) is 43.4 Å². The number of rotatable bonds is 5. The van der Waals surface area contributed by atoms with E-state index < -0.39 is 16.0 Å². The van der Waals surface area contributed by atoms with Gasteiger partial charge in [-0.3, -0.25) is 4.79 Å². The molecule has 1 aromatic carbocycles. The Bertz CT molecular complexity index is 609. The first-order chi connectivity index (χ1) is 9.89. The molecule has 2 rings (SSSR count). The summed E-state index contributed by atoms with van der Waals surface area (Å²) in [5.74, 6) is -0.518. The number of carboxylic acids is 1. The summed E-state index contributed by atoms with van der Waals surface area (Å²) in [6.45, 7) is 0.859. The van der Waals surface area contributed by atoms with Crippen molar-refractivity contribution in [3.05, 3.63) is 29.3 Å². The van der Waals surface area contributed by atoms with Crippen molar-refractivity contribution in [2.45, 2.75) is 30.6 Å². The summed E-state index contributed by atoms with van der Waals surface area (Å²) in [5.41, 5.74) is 0. The molecule has 5 nitrogen and oxygen atoms in total. The molecule has 0 aromatic heterocycles. The molecule has 0 unspecified atom stereocenters. The van der Waals surface area contributed by atoms with E-state index in [1.807, 2.05) is 0 Å². The lowest BCUT2D eigenvalue weighted by Crippen LogP contribution is -2.38. The van der Waals surface area contributed by atoms with Gasteiger partial charge >= 0.3 is 5.97 Å². The maximum Gasteiger partial charge on any atom is 0.303 e. The third kappa shape index (κ3) is 4.18. The van der Waals surface area contributed by atoms with Crippen LogP contribution < -0.4 is 0 Å². The van der Waals surface area contributed by atoms with Crippen LogP contribution >= 0.6 is 11.6 Å². The number of sulfonamides is 1. The minimum Gasteiger partial charge on any atom is -0.481 e. The highest BCUT2D eigenvalue weighted by atomic mass is 35.5. The Hall–Kier alpha value is -1.11. The number of carboxylic acid groups (broad SMARTS) is 1. The van der Waals surface area contributed by atoms with Crippen molar-refractivity contribution in [2.75, 3.05) is 13.1 Å². The summed E-state index contributed by atoms with van der Waals surface area (Å²) in [5, 5.41) is 9.08. The van der Waals surface area contributed by atoms with Gasteiger partial charge in [0.25, 0.3) is 0 Å². The van der Waals surface area contributed by atoms with Crippen molar-refractivity contribution < 1.29 is 18.3 Å². The molecule has 1 aromatic rings. The van der Waals surface area contributed by atoms with Crippen molar-refractivity contribution in [3.63, 3.8) is 0 Å². The van der Waals surface area contributed by atoms with Crippen LogP contribution in [0.25, 0.3) is 0 Å². The van der Waals surface area contributed by atoms with Crippen molar-refractivity contribution in [1.82, 2.24) is 4.31 Å². The molecule has 21 heavy (non-hydrogen) atoms. The topological polar surface area (TPSA) is 74.7 Å². The predicted octanol–water partition coefficient (Wildman–Crippen LogP) is 2.61. The molecule has 0 amide bonds. The molecule has 0 bridgehead atoms. The zero-order valence-corrected chi connectivity index (χ0v) is 13.1. The van der Waals surface area contributed by atoms with Gasteiger partial charge in [0.05, 0.1) is 4.90 Å². The SMILES string of the molecule is O=C(O)CCC1CCN(S(=O)(=O)c2cccc(Cl)c2)CC1. The van der Waals surface area contributed by atoms with E-state index in [4.69, 9.17) is 16.7 Å². The fourth-order valence-electron chi connectivity index (χ4n) is 2.54. The van der Waals surface area contributed by atoms with Crippen LogP contribution in [0.2, 0.25) is 5.02 Å². The second-order valence-electron chi connectivity index (χ2n) is 5.24. The first-order valence-corrected chi connectivity index (χ1v) is 8.69. The average Bonchev–Trinajstić information content (AvgIpc) is 2.45. The van der Waals surface area contributed by atoms with Crippen LogP contribution in [0.3, 0.4) is 0 Å². The molecular weight excluding hydrogens is 314 g/mol. The van der Waals surface area contributed by atoms with Gasteiger partial charge in [-0.15, -0.1) is 0 Å². The van der Waals surface area contributed by atoms with E-state index in [0.717, 1.165) is 0 Å². The van der Waals surface area contributed by atoms with Crippen molar-refractivity contribution >= 4 is 27.6 Å². The molecule has 1 fully saturated rings. The van der Waals surface area contributed by atoms with Crippen LogP contribution in [0.4, 0.5) is 0 Å². The molecule has 1 heterocycles. The Kier molecular flexibility index (Phi) is 5.24. The van der Waals surface area contributed by atoms with Crippen LogP contribution in [0, 0.1) is 5.92 Å². The monoisotopic (exact) mass is 331 g/mol. The lowest BCUT2D eigenvalue weighted by Gasteiger charge is -2.31. The lowest BCUT2D eigenvalue weighted by atomic mass is 9.93. The van der Waals surface area contributed by atoms with Gasteiger partial charge in [-0.1, -0.05) is 17.7 Å². The summed E-state index contributed by atoms with van der Waals surface area (Å²) in [4.78, 5) is 10.8. The molecule has 0 saturated carbocycles. The molecule has 0 atom stereocenters. The first-order valence-electron chi connectivity index (χ1n) is 6.87. The second-order valence-corrected chi connectivity index (χ2v) is 7.61. The van der Waals surface area contributed by atoms with Crippen LogP contribution in [0.5, 0.6) is 0 Å². The van der Waals surface area contributed by atoms with E-state index >= 15 is 0 Å². The summed E-state index contributed by atoms with van der Waals surface area (Å²) < 4.78 is 26.4.